The molecule has 0 aliphatic rings. The molecule has 0 saturated carbocycles. The zero-order valence-corrected chi connectivity index (χ0v) is 19.0. The summed E-state index contributed by atoms with van der Waals surface area (Å²) in [6, 6.07) is 13.3. The van der Waals surface area contributed by atoms with Crippen molar-refractivity contribution in [2.75, 3.05) is 0 Å². The first-order valence-electron chi connectivity index (χ1n) is 6.64. The Morgan fingerprint density at radius 3 is 1.22 bits per heavy atom. The van der Waals surface area contributed by atoms with E-state index < -0.39 is 18.1 Å². The number of halogens is 2. The van der Waals surface area contributed by atoms with Gasteiger partial charge in [-0.25, -0.2) is 8.42 Å². The van der Waals surface area contributed by atoms with Gasteiger partial charge in [-0.15, -0.1) is 0 Å². The molecule has 0 spiro atoms. The van der Waals surface area contributed by atoms with Crippen LogP contribution in [0.4, 0.5) is 0 Å². The average molecular weight is 534 g/mol. The third-order valence-electron chi connectivity index (χ3n) is 2.57. The van der Waals surface area contributed by atoms with Gasteiger partial charge in [0.05, 0.1) is 31.3 Å². The molecular weight excluding hydrogens is 522 g/mol. The zero-order valence-electron chi connectivity index (χ0n) is 13.2. The quantitative estimate of drug-likeness (QED) is 0.522. The predicted molar refractivity (Wildman–Crippen MR) is 105 cm³/mol. The van der Waals surface area contributed by atoms with Gasteiger partial charge in [-0.3, -0.25) is 8.37 Å². The summed E-state index contributed by atoms with van der Waals surface area (Å²) in [5.74, 6) is 0. The summed E-state index contributed by atoms with van der Waals surface area (Å²) in [6.45, 7) is -0.105. The second kappa shape index (κ2) is 12.6. The van der Waals surface area contributed by atoms with E-state index in [4.69, 9.17) is 23.2 Å². The maximum atomic E-state index is 10.4. The van der Waals surface area contributed by atoms with Crippen LogP contribution in [0.15, 0.2) is 48.5 Å². The number of hydrogen-bond acceptors (Lipinski definition) is 8. The van der Waals surface area contributed by atoms with Gasteiger partial charge in [-0.2, -0.15) is 0 Å². The van der Waals surface area contributed by atoms with Gasteiger partial charge in [-0.1, -0.05) is 47.5 Å². The van der Waals surface area contributed by atoms with Gasteiger partial charge in [0.15, 0.2) is 0 Å². The minimum Gasteiger partial charge on any atom is -0.748 e. The third-order valence-corrected chi connectivity index (χ3v) is 4.46. The van der Waals surface area contributed by atoms with Crippen molar-refractivity contribution in [3.8, 4) is 0 Å². The normalized spacial score (nSPS) is 14.7. The van der Waals surface area contributed by atoms with Crippen molar-refractivity contribution in [1.29, 1.82) is 0 Å². The van der Waals surface area contributed by atoms with Crippen molar-refractivity contribution in [2.45, 2.75) is 13.2 Å². The zero-order chi connectivity index (χ0) is 19.8. The summed E-state index contributed by atoms with van der Waals surface area (Å²) >= 11 is 19.3. The van der Waals surface area contributed by atoms with Crippen LogP contribution in [0.1, 0.15) is 11.1 Å². The number of rotatable bonds is 6. The van der Waals surface area contributed by atoms with Crippen LogP contribution in [0.2, 0.25) is 10.0 Å². The molecule has 13 heteroatoms. The van der Waals surface area contributed by atoms with Gasteiger partial charge in [0, 0.05) is 10.0 Å². The molecule has 2 aromatic carbocycles. The summed E-state index contributed by atoms with van der Waals surface area (Å²) in [4.78, 5) is 0. The van der Waals surface area contributed by atoms with Gasteiger partial charge < -0.3 is 9.11 Å². The van der Waals surface area contributed by atoms with Crippen LogP contribution < -0.4 is 0 Å². The molecule has 2 aromatic rings. The van der Waals surface area contributed by atoms with Crippen molar-refractivity contribution in [3.05, 3.63) is 69.7 Å². The van der Waals surface area contributed by atoms with E-state index in [2.05, 4.69) is 30.7 Å². The van der Waals surface area contributed by atoms with E-state index in [1.165, 1.54) is 0 Å². The molecule has 0 radical (unpaired) electrons. The van der Waals surface area contributed by atoms with Crippen LogP contribution in [0.25, 0.3) is 0 Å². The molecule has 0 aliphatic heterocycles. The van der Waals surface area contributed by atoms with Crippen LogP contribution >= 0.6 is 23.2 Å². The van der Waals surface area contributed by atoms with E-state index in [1.54, 1.807) is 48.5 Å². The summed E-state index contributed by atoms with van der Waals surface area (Å²) in [7, 11) is -7.56. The third kappa shape index (κ3) is 14.7. The molecule has 27 heavy (non-hydrogen) atoms. The summed E-state index contributed by atoms with van der Waals surface area (Å²) < 4.78 is 50.6. The predicted octanol–water partition coefficient (Wildman–Crippen LogP) is 3.29. The van der Waals surface area contributed by atoms with E-state index in [0.717, 1.165) is 0 Å². The molecule has 152 valence electrons. The van der Waals surface area contributed by atoms with Crippen LogP contribution in [0.5, 0.6) is 0 Å². The Bertz CT molecular complexity index is 826. The van der Waals surface area contributed by atoms with Crippen molar-refractivity contribution < 1.29 is 42.4 Å². The smallest absolute Gasteiger partial charge is 0.748 e. The second-order valence-electron chi connectivity index (χ2n) is 4.59. The van der Waals surface area contributed by atoms with E-state index in [1.807, 2.05) is 0 Å². The monoisotopic (exact) mass is 532 g/mol. The summed E-state index contributed by atoms with van der Waals surface area (Å²) in [5.41, 5.74) is 1.41. The Kier molecular flexibility index (Phi) is 12.7. The van der Waals surface area contributed by atoms with E-state index in [-0.39, 0.29) is 29.7 Å². The maximum Gasteiger partial charge on any atom is 2.00 e. The molecule has 0 fully saturated rings. The van der Waals surface area contributed by atoms with Crippen molar-refractivity contribution in [1.82, 2.24) is 0 Å². The van der Waals surface area contributed by atoms with Gasteiger partial charge >= 0.3 is 16.5 Å². The molecule has 0 aliphatic carbocycles. The Morgan fingerprint density at radius 2 is 1.00 bits per heavy atom. The fourth-order valence-electron chi connectivity index (χ4n) is 1.44. The molecule has 0 amide bonds. The standard InChI is InChI=1S/2C7H7ClO3S2.Ni/c2*8-7-3-1-6(2-4-7)5-11-13(9,10)12;/h2*1-4H,5H2,(H,9,10,12);/q;;+2/p-2. The Labute approximate surface area is 187 Å². The molecule has 0 heterocycles. The topological polar surface area (TPSA) is 98.7 Å². The van der Waals surface area contributed by atoms with Gasteiger partial charge in [0.1, 0.15) is 0 Å². The minimum atomic E-state index is -3.78. The van der Waals surface area contributed by atoms with Crippen LogP contribution in [0.3, 0.4) is 0 Å². The minimum absolute atomic E-state index is 0. The van der Waals surface area contributed by atoms with Gasteiger partial charge in [0.2, 0.25) is 0 Å². The second-order valence-corrected chi connectivity index (χ2v) is 10.0. The number of hydrogen-bond donors (Lipinski definition) is 0. The van der Waals surface area contributed by atoms with Crippen molar-refractivity contribution in [3.63, 3.8) is 0 Å². The summed E-state index contributed by atoms with van der Waals surface area (Å²) in [5, 5.41) is 1.18. The molecule has 2 unspecified atom stereocenters. The fraction of sp³-hybridized carbons (Fsp3) is 0.143. The average Bonchev–Trinajstić information content (AvgIpc) is 2.53. The van der Waals surface area contributed by atoms with E-state index in [9.17, 15) is 17.5 Å². The van der Waals surface area contributed by atoms with Crippen molar-refractivity contribution in [2.24, 2.45) is 0 Å². The molecule has 0 aromatic heterocycles. The van der Waals surface area contributed by atoms with Crippen LogP contribution in [0, 0.1) is 0 Å². The maximum absolute atomic E-state index is 10.4. The van der Waals surface area contributed by atoms with Crippen molar-refractivity contribution >= 4 is 63.7 Å². The first-order chi connectivity index (χ1) is 11.9. The van der Waals surface area contributed by atoms with Gasteiger partial charge in [-0.05, 0) is 57.8 Å². The first kappa shape index (κ1) is 27.1. The molecule has 0 N–H and O–H groups in total. The Balaban J connectivity index is 0.000000483. The van der Waals surface area contributed by atoms with Crippen LogP contribution in [-0.2, 0) is 78.6 Å². The Morgan fingerprint density at radius 1 is 0.741 bits per heavy atom. The summed E-state index contributed by atoms with van der Waals surface area (Å²) in [6.07, 6.45) is 0. The first-order valence-corrected chi connectivity index (χ1v) is 12.1. The SMILES string of the molecule is O=S([O-])(=S)OCc1ccc(Cl)cc1.O=S([O-])(=S)OCc1ccc(Cl)cc1.[Ni+2]. The molecule has 6 nitrogen and oxygen atoms in total. The molecule has 2 atom stereocenters. The molecule has 0 bridgehead atoms. The van der Waals surface area contributed by atoms with Crippen LogP contribution in [-0.4, -0.2) is 17.5 Å². The molecule has 2 rings (SSSR count). The fourth-order valence-corrected chi connectivity index (χ4v) is 2.54. The molecular formula is C14H12Cl2NiO6S4. The van der Waals surface area contributed by atoms with Gasteiger partial charge in [0.25, 0.3) is 0 Å². The van der Waals surface area contributed by atoms with E-state index >= 15 is 0 Å². The Hall–Kier alpha value is 0.0935. The van der Waals surface area contributed by atoms with E-state index in [0.29, 0.717) is 21.2 Å². The number of benzene rings is 2. The largest absolute Gasteiger partial charge is 2.00 e. The molecule has 0 saturated heterocycles.